The zero-order valence-corrected chi connectivity index (χ0v) is 39.8. The predicted molar refractivity (Wildman–Crippen MR) is 230 cm³/mol. The maximum Gasteiger partial charge on any atom is 0.187 e. The number of rotatable bonds is 23. The second-order valence-electron chi connectivity index (χ2n) is 18.8. The minimum atomic E-state index is -2.17. The van der Waals surface area contributed by atoms with E-state index >= 15 is 0 Å². The predicted octanol–water partition coefficient (Wildman–Crippen LogP) is -12.6. The van der Waals surface area contributed by atoms with Gasteiger partial charge in [-0.3, -0.25) is 0 Å². The molecule has 0 aromatic carbocycles. The third-order valence-corrected chi connectivity index (χ3v) is 13.8. The van der Waals surface area contributed by atoms with Crippen molar-refractivity contribution in [3.8, 4) is 0 Å². The smallest absolute Gasteiger partial charge is 0.187 e. The molecule has 6 heterocycles. The van der Waals surface area contributed by atoms with Crippen LogP contribution in [0.25, 0.3) is 0 Å². The van der Waals surface area contributed by atoms with Crippen LogP contribution in [0.3, 0.4) is 0 Å². The highest BCUT2D eigenvalue weighted by atomic mass is 16.8. The van der Waals surface area contributed by atoms with Crippen LogP contribution in [0.4, 0.5) is 0 Å². The Bertz CT molecular complexity index is 1630. The molecule has 0 saturated carbocycles. The Morgan fingerprint density at radius 2 is 0.514 bits per heavy atom. The SMILES string of the molecule is NCCCCCCO[C@H]1OC(CO)[C@H](O[C@H]2OC(CO)[C@@H](O[C@@H]3OC(CO)[C@@H](O[C@@H]4OC(CO)[C@@H](O[C@H]5OC(CO)[C@H](O[C@H]6OC(CO)[C@@H](O)[C@H](O)C6O)[C@H](O)C5O)C(O)[C@@H]4O)C(O)[C@@H]3O)[C@H](O)C2O)[C@H](O)C1O. The van der Waals surface area contributed by atoms with Gasteiger partial charge in [0.2, 0.25) is 0 Å². The van der Waals surface area contributed by atoms with Crippen LogP contribution < -0.4 is 5.73 Å². The second kappa shape index (κ2) is 28.2. The van der Waals surface area contributed by atoms with Gasteiger partial charge < -0.3 is 160 Å². The molecular weight excluding hydrogens is 1010 g/mol. The van der Waals surface area contributed by atoms with Gasteiger partial charge in [0.15, 0.2) is 37.7 Å². The Labute approximate surface area is 421 Å². The van der Waals surface area contributed by atoms with Crippen LogP contribution in [0, 0.1) is 0 Å². The van der Waals surface area contributed by atoms with Crippen LogP contribution in [-0.2, 0) is 56.8 Å². The second-order valence-corrected chi connectivity index (χ2v) is 18.8. The van der Waals surface area contributed by atoms with Crippen LogP contribution in [-0.4, -0.2) is 334 Å². The molecule has 30 atom stereocenters. The lowest BCUT2D eigenvalue weighted by atomic mass is 9.95. The average molecular weight is 1090 g/mol. The van der Waals surface area contributed by atoms with Crippen LogP contribution >= 0.6 is 0 Å². The fraction of sp³-hybridized carbons (Fsp3) is 1.00. The van der Waals surface area contributed by atoms with Crippen molar-refractivity contribution < 1.29 is 154 Å². The molecule has 434 valence electrons. The lowest BCUT2D eigenvalue weighted by Crippen LogP contribution is -2.68. The van der Waals surface area contributed by atoms with Gasteiger partial charge in [0.05, 0.1) is 39.6 Å². The molecule has 0 radical (unpaired) electrons. The van der Waals surface area contributed by atoms with Crippen molar-refractivity contribution >= 4 is 0 Å². The summed E-state index contributed by atoms with van der Waals surface area (Å²) in [7, 11) is 0. The molecule has 6 rings (SSSR count). The van der Waals surface area contributed by atoms with E-state index in [1.54, 1.807) is 0 Å². The van der Waals surface area contributed by atoms with Crippen molar-refractivity contribution in [2.45, 2.75) is 210 Å². The van der Waals surface area contributed by atoms with Crippen molar-refractivity contribution in [3.05, 3.63) is 0 Å². The molecule has 0 aromatic rings. The molecule has 12 unspecified atom stereocenters. The number of ether oxygens (including phenoxy) is 12. The fourth-order valence-corrected chi connectivity index (χ4v) is 9.44. The van der Waals surface area contributed by atoms with Gasteiger partial charge in [0.1, 0.15) is 146 Å². The summed E-state index contributed by atoms with van der Waals surface area (Å²) in [5, 5.41) is 202. The number of hydrogen-bond donors (Lipinski definition) is 20. The van der Waals surface area contributed by atoms with Crippen molar-refractivity contribution in [1.82, 2.24) is 0 Å². The maximum atomic E-state index is 11.3. The molecule has 6 saturated heterocycles. The fourth-order valence-electron chi connectivity index (χ4n) is 9.44. The van der Waals surface area contributed by atoms with E-state index in [0.29, 0.717) is 13.0 Å². The first kappa shape index (κ1) is 61.9. The van der Waals surface area contributed by atoms with E-state index < -0.39 is 224 Å². The molecule has 6 fully saturated rings. The number of nitrogens with two attached hydrogens (primary N) is 1. The summed E-state index contributed by atoms with van der Waals surface area (Å²) in [6.45, 7) is -4.89. The lowest BCUT2D eigenvalue weighted by Gasteiger charge is -2.50. The monoisotopic (exact) mass is 1090 g/mol. The van der Waals surface area contributed by atoms with Crippen molar-refractivity contribution in [2.75, 3.05) is 52.8 Å². The zero-order valence-electron chi connectivity index (χ0n) is 39.8. The summed E-state index contributed by atoms with van der Waals surface area (Å²) in [6.07, 6.45) is -52.3. The minimum Gasteiger partial charge on any atom is -0.394 e. The molecule has 0 aromatic heterocycles. The van der Waals surface area contributed by atoms with Gasteiger partial charge in [-0.25, -0.2) is 0 Å². The van der Waals surface area contributed by atoms with E-state index in [1.807, 2.05) is 0 Å². The van der Waals surface area contributed by atoms with Gasteiger partial charge in [0.25, 0.3) is 0 Å². The molecule has 32 heteroatoms. The summed E-state index contributed by atoms with van der Waals surface area (Å²) in [5.41, 5.74) is 5.50. The molecule has 0 bridgehead atoms. The van der Waals surface area contributed by atoms with Gasteiger partial charge in [-0.15, -0.1) is 0 Å². The Morgan fingerprint density at radius 3 is 0.797 bits per heavy atom. The number of aliphatic hydroxyl groups excluding tert-OH is 19. The normalized spacial score (nSPS) is 49.5. The van der Waals surface area contributed by atoms with Crippen molar-refractivity contribution in [2.24, 2.45) is 5.73 Å². The first-order chi connectivity index (χ1) is 35.3. The highest BCUT2D eigenvalue weighted by Crippen LogP contribution is 2.37. The average Bonchev–Trinajstić information content (AvgIpc) is 3.39. The third kappa shape index (κ3) is 13.6. The van der Waals surface area contributed by atoms with Gasteiger partial charge in [-0.05, 0) is 19.4 Å². The number of unbranched alkanes of at least 4 members (excludes halogenated alkanes) is 3. The Balaban J connectivity index is 1.04. The maximum absolute atomic E-state index is 11.3. The first-order valence-electron chi connectivity index (χ1n) is 24.3. The molecule has 0 spiro atoms. The van der Waals surface area contributed by atoms with E-state index in [1.165, 1.54) is 0 Å². The summed E-state index contributed by atoms with van der Waals surface area (Å²) >= 11 is 0. The molecular formula is C42H75NO31. The molecule has 74 heavy (non-hydrogen) atoms. The zero-order chi connectivity index (χ0) is 54.3. The van der Waals surface area contributed by atoms with Crippen LogP contribution in [0.1, 0.15) is 25.7 Å². The Morgan fingerprint density at radius 1 is 0.270 bits per heavy atom. The van der Waals surface area contributed by atoms with Crippen molar-refractivity contribution in [1.29, 1.82) is 0 Å². The molecule has 6 aliphatic heterocycles. The number of hydrogen-bond acceptors (Lipinski definition) is 32. The van der Waals surface area contributed by atoms with Gasteiger partial charge in [0, 0.05) is 6.61 Å². The molecule has 6 aliphatic rings. The molecule has 32 nitrogen and oxygen atoms in total. The largest absolute Gasteiger partial charge is 0.394 e. The number of aliphatic hydroxyl groups is 19. The Kier molecular flexibility index (Phi) is 23.6. The minimum absolute atomic E-state index is 0.141. The van der Waals surface area contributed by atoms with E-state index in [0.717, 1.165) is 19.3 Å². The van der Waals surface area contributed by atoms with Crippen LogP contribution in [0.15, 0.2) is 0 Å². The molecule has 0 aliphatic carbocycles. The van der Waals surface area contributed by atoms with E-state index in [4.69, 9.17) is 62.6 Å². The summed E-state index contributed by atoms with van der Waals surface area (Å²) in [5.74, 6) is 0. The first-order valence-corrected chi connectivity index (χ1v) is 24.3. The standard InChI is InChI=1S/C42H75NO31/c43-5-3-1-2-4-6-63-37-27(58)21(52)32(14(8-45)65-37)71-39-29(60)23(54)34(16(10-47)67-39)73-41-31(62)25(56)36(18(12-49)69-41)74-42-30(61)24(55)35(17(11-48)68-42)72-40-28(59)22(53)33(15(9-46)66-40)70-38-26(57)20(51)19(50)13(7-44)64-38/h13-42,44-62H,1-12,43H2/t13?,14?,15?,16?,17?,18?,19-,20+,21-,22-,23-,24?,25?,26?,27?,28?,29?,30+,31+,32+,33+,34-,35-,36-,37+,38-,39-,40-,41+,42+/m1/s1. The highest BCUT2D eigenvalue weighted by molar-refractivity contribution is 5.00. The van der Waals surface area contributed by atoms with Gasteiger partial charge >= 0.3 is 0 Å². The van der Waals surface area contributed by atoms with Crippen LogP contribution in [0.5, 0.6) is 0 Å². The molecule has 21 N–H and O–H groups in total. The van der Waals surface area contributed by atoms with Crippen molar-refractivity contribution in [3.63, 3.8) is 0 Å². The highest BCUT2D eigenvalue weighted by Gasteiger charge is 2.57. The van der Waals surface area contributed by atoms with Gasteiger partial charge in [-0.1, -0.05) is 12.8 Å². The lowest BCUT2D eigenvalue weighted by molar-refractivity contribution is -0.396. The van der Waals surface area contributed by atoms with E-state index in [2.05, 4.69) is 0 Å². The Hall–Kier alpha value is -1.28. The third-order valence-electron chi connectivity index (χ3n) is 13.8. The topological polar surface area (TPSA) is 521 Å². The van der Waals surface area contributed by atoms with Crippen LogP contribution in [0.2, 0.25) is 0 Å². The molecule has 0 amide bonds. The summed E-state index contributed by atoms with van der Waals surface area (Å²) < 4.78 is 67.3. The summed E-state index contributed by atoms with van der Waals surface area (Å²) in [6, 6.07) is 0. The van der Waals surface area contributed by atoms with Gasteiger partial charge in [-0.2, -0.15) is 0 Å². The summed E-state index contributed by atoms with van der Waals surface area (Å²) in [4.78, 5) is 0. The van der Waals surface area contributed by atoms with E-state index in [-0.39, 0.29) is 6.61 Å². The quantitative estimate of drug-likeness (QED) is 0.0423. The van der Waals surface area contributed by atoms with E-state index in [9.17, 15) is 97.0 Å².